The summed E-state index contributed by atoms with van der Waals surface area (Å²) in [5.74, 6) is 0. The molecule has 2 rings (SSSR count). The maximum Gasteiger partial charge on any atom is 0.101 e. The Morgan fingerprint density at radius 3 is 3.06 bits per heavy atom. The first-order chi connectivity index (χ1) is 8.79. The van der Waals surface area contributed by atoms with Gasteiger partial charge in [-0.05, 0) is 30.7 Å². The number of rotatable bonds is 5. The Balaban J connectivity index is 1.85. The van der Waals surface area contributed by atoms with Crippen LogP contribution in [-0.4, -0.2) is 16.3 Å². The van der Waals surface area contributed by atoms with Crippen LogP contribution in [0.5, 0.6) is 0 Å². The molecule has 92 valence electrons. The fraction of sp³-hybridized carbons (Fsp3) is 0.231. The molecule has 1 aromatic heterocycles. The summed E-state index contributed by atoms with van der Waals surface area (Å²) in [6.45, 7) is 1.64. The van der Waals surface area contributed by atoms with E-state index in [-0.39, 0.29) is 0 Å². The van der Waals surface area contributed by atoms with Gasteiger partial charge in [-0.2, -0.15) is 10.4 Å². The van der Waals surface area contributed by atoms with Gasteiger partial charge in [-0.3, -0.25) is 4.68 Å². The van der Waals surface area contributed by atoms with E-state index in [0.29, 0.717) is 10.6 Å². The van der Waals surface area contributed by atoms with E-state index >= 15 is 0 Å². The van der Waals surface area contributed by atoms with Crippen LogP contribution in [-0.2, 0) is 6.54 Å². The third-order valence-electron chi connectivity index (χ3n) is 2.54. The summed E-state index contributed by atoms with van der Waals surface area (Å²) >= 11 is 5.83. The molecule has 0 amide bonds. The van der Waals surface area contributed by atoms with E-state index in [1.54, 1.807) is 18.3 Å². The van der Waals surface area contributed by atoms with E-state index in [1.165, 1.54) is 0 Å². The summed E-state index contributed by atoms with van der Waals surface area (Å²) in [6.07, 6.45) is 4.64. The number of aromatic nitrogens is 2. The largest absolute Gasteiger partial charge is 0.384 e. The molecular weight excluding hydrogens is 248 g/mol. The summed E-state index contributed by atoms with van der Waals surface area (Å²) in [5.41, 5.74) is 1.39. The molecule has 0 aliphatic heterocycles. The number of nitrogens with one attached hydrogen (secondary N) is 1. The number of hydrogen-bond donors (Lipinski definition) is 1. The van der Waals surface area contributed by atoms with Crippen LogP contribution >= 0.6 is 11.6 Å². The zero-order valence-electron chi connectivity index (χ0n) is 9.81. The third-order valence-corrected chi connectivity index (χ3v) is 2.78. The molecule has 0 bridgehead atoms. The predicted molar refractivity (Wildman–Crippen MR) is 71.5 cm³/mol. The van der Waals surface area contributed by atoms with E-state index < -0.39 is 0 Å². The first-order valence-corrected chi connectivity index (χ1v) is 6.08. The number of halogens is 1. The van der Waals surface area contributed by atoms with Crippen molar-refractivity contribution in [2.45, 2.75) is 13.0 Å². The predicted octanol–water partition coefficient (Wildman–Crippen LogP) is 2.91. The molecule has 0 aliphatic rings. The standard InChI is InChI=1S/C13H13ClN4/c14-12-3-4-13(11(9-12)10-15)16-5-1-7-18-8-2-6-17-18/h2-4,6,8-9,16H,1,5,7H2. The maximum atomic E-state index is 8.99. The number of nitrogens with zero attached hydrogens (tertiary/aromatic N) is 3. The molecule has 0 spiro atoms. The van der Waals surface area contributed by atoms with Crippen LogP contribution in [0.1, 0.15) is 12.0 Å². The molecule has 1 heterocycles. The van der Waals surface area contributed by atoms with Crippen LogP contribution in [0.2, 0.25) is 5.02 Å². The van der Waals surface area contributed by atoms with E-state index in [9.17, 15) is 0 Å². The molecule has 0 aliphatic carbocycles. The highest BCUT2D eigenvalue weighted by molar-refractivity contribution is 6.30. The molecule has 0 saturated carbocycles. The van der Waals surface area contributed by atoms with Crippen molar-refractivity contribution in [1.29, 1.82) is 5.26 Å². The monoisotopic (exact) mass is 260 g/mol. The van der Waals surface area contributed by atoms with Crippen LogP contribution in [0.25, 0.3) is 0 Å². The van der Waals surface area contributed by atoms with Gasteiger partial charge in [-0.15, -0.1) is 0 Å². The van der Waals surface area contributed by atoms with E-state index in [4.69, 9.17) is 16.9 Å². The van der Waals surface area contributed by atoms with Crippen molar-refractivity contribution in [2.24, 2.45) is 0 Å². The van der Waals surface area contributed by atoms with Crippen molar-refractivity contribution in [2.75, 3.05) is 11.9 Å². The Bertz CT molecular complexity index is 543. The SMILES string of the molecule is N#Cc1cc(Cl)ccc1NCCCn1cccn1. The lowest BCUT2D eigenvalue weighted by molar-refractivity contribution is 0.592. The lowest BCUT2D eigenvalue weighted by Crippen LogP contribution is -2.07. The second kappa shape index (κ2) is 6.08. The first-order valence-electron chi connectivity index (χ1n) is 5.70. The van der Waals surface area contributed by atoms with Gasteiger partial charge >= 0.3 is 0 Å². The van der Waals surface area contributed by atoms with Crippen molar-refractivity contribution in [3.63, 3.8) is 0 Å². The summed E-state index contributed by atoms with van der Waals surface area (Å²) in [7, 11) is 0. The fourth-order valence-corrected chi connectivity index (χ4v) is 1.83. The number of benzene rings is 1. The average Bonchev–Trinajstić information content (AvgIpc) is 2.89. The molecule has 0 radical (unpaired) electrons. The number of anilines is 1. The van der Waals surface area contributed by atoms with Crippen LogP contribution in [0.3, 0.4) is 0 Å². The summed E-state index contributed by atoms with van der Waals surface area (Å²) in [6, 6.07) is 9.30. The lowest BCUT2D eigenvalue weighted by Gasteiger charge is -2.08. The number of hydrogen-bond acceptors (Lipinski definition) is 3. The van der Waals surface area contributed by atoms with E-state index in [2.05, 4.69) is 16.5 Å². The molecule has 1 N–H and O–H groups in total. The van der Waals surface area contributed by atoms with Crippen LogP contribution in [0.4, 0.5) is 5.69 Å². The minimum atomic E-state index is 0.571. The average molecular weight is 261 g/mol. The Labute approximate surface area is 111 Å². The number of nitriles is 1. The van der Waals surface area contributed by atoms with Crippen molar-refractivity contribution >= 4 is 17.3 Å². The molecule has 0 fully saturated rings. The quantitative estimate of drug-likeness (QED) is 0.841. The molecule has 2 aromatic rings. The van der Waals surface area contributed by atoms with E-state index in [0.717, 1.165) is 25.2 Å². The number of aryl methyl sites for hydroxylation is 1. The summed E-state index contributed by atoms with van der Waals surface area (Å²) in [4.78, 5) is 0. The van der Waals surface area contributed by atoms with E-state index in [1.807, 2.05) is 23.0 Å². The van der Waals surface area contributed by atoms with Crippen LogP contribution in [0.15, 0.2) is 36.7 Å². The summed E-state index contributed by atoms with van der Waals surface area (Å²) in [5, 5.41) is 16.9. The third kappa shape index (κ3) is 3.25. The Morgan fingerprint density at radius 2 is 2.33 bits per heavy atom. The molecule has 1 aromatic carbocycles. The van der Waals surface area contributed by atoms with Gasteiger partial charge in [0.1, 0.15) is 6.07 Å². The second-order valence-corrected chi connectivity index (χ2v) is 4.29. The first kappa shape index (κ1) is 12.5. The van der Waals surface area contributed by atoms with Gasteiger partial charge in [0, 0.05) is 30.5 Å². The highest BCUT2D eigenvalue weighted by Gasteiger charge is 2.01. The van der Waals surface area contributed by atoms with Gasteiger partial charge in [-0.25, -0.2) is 0 Å². The molecule has 5 heteroatoms. The minimum absolute atomic E-state index is 0.571. The minimum Gasteiger partial charge on any atom is -0.384 e. The van der Waals surface area contributed by atoms with Gasteiger partial charge in [0.2, 0.25) is 0 Å². The highest BCUT2D eigenvalue weighted by atomic mass is 35.5. The highest BCUT2D eigenvalue weighted by Crippen LogP contribution is 2.19. The molecule has 18 heavy (non-hydrogen) atoms. The van der Waals surface area contributed by atoms with Crippen molar-refractivity contribution in [3.8, 4) is 6.07 Å². The fourth-order valence-electron chi connectivity index (χ4n) is 1.66. The van der Waals surface area contributed by atoms with Gasteiger partial charge < -0.3 is 5.32 Å². The molecule has 4 nitrogen and oxygen atoms in total. The zero-order chi connectivity index (χ0) is 12.8. The summed E-state index contributed by atoms with van der Waals surface area (Å²) < 4.78 is 1.88. The lowest BCUT2D eigenvalue weighted by atomic mass is 10.2. The van der Waals surface area contributed by atoms with Crippen molar-refractivity contribution in [1.82, 2.24) is 9.78 Å². The van der Waals surface area contributed by atoms with Crippen molar-refractivity contribution < 1.29 is 0 Å². The van der Waals surface area contributed by atoms with Gasteiger partial charge in [-0.1, -0.05) is 11.6 Å². The Morgan fingerprint density at radius 1 is 1.44 bits per heavy atom. The second-order valence-electron chi connectivity index (χ2n) is 3.85. The smallest absolute Gasteiger partial charge is 0.101 e. The van der Waals surface area contributed by atoms with Crippen LogP contribution < -0.4 is 5.32 Å². The van der Waals surface area contributed by atoms with Gasteiger partial charge in [0.25, 0.3) is 0 Å². The Kier molecular flexibility index (Phi) is 4.21. The zero-order valence-corrected chi connectivity index (χ0v) is 10.6. The maximum absolute atomic E-state index is 8.99. The Hall–Kier alpha value is -1.99. The molecular formula is C13H13ClN4. The molecule has 0 saturated heterocycles. The molecule has 0 atom stereocenters. The van der Waals surface area contributed by atoms with Gasteiger partial charge in [0.05, 0.1) is 11.3 Å². The normalized spacial score (nSPS) is 10.0. The molecule has 0 unspecified atom stereocenters. The van der Waals surface area contributed by atoms with Crippen LogP contribution in [0, 0.1) is 11.3 Å². The topological polar surface area (TPSA) is 53.6 Å². The van der Waals surface area contributed by atoms with Gasteiger partial charge in [0.15, 0.2) is 0 Å². The van der Waals surface area contributed by atoms with Crippen molar-refractivity contribution in [3.05, 3.63) is 47.2 Å².